The molecule has 0 fully saturated rings. The summed E-state index contributed by atoms with van der Waals surface area (Å²) in [5.74, 6) is -1.95. The van der Waals surface area contributed by atoms with Crippen molar-refractivity contribution in [3.63, 3.8) is 0 Å². The molecule has 3 amide bonds. The Hall–Kier alpha value is -8.76. The second-order valence-electron chi connectivity index (χ2n) is 15.4. The molecule has 0 unspecified atom stereocenters. The Morgan fingerprint density at radius 1 is 0.889 bits per heavy atom. The first kappa shape index (κ1) is 55.8. The van der Waals surface area contributed by atoms with Crippen LogP contribution in [0, 0.1) is 6.92 Å². The van der Waals surface area contributed by atoms with Crippen molar-refractivity contribution in [1.29, 1.82) is 0 Å². The first-order valence-corrected chi connectivity index (χ1v) is 23.0. The van der Waals surface area contributed by atoms with Gasteiger partial charge in [0.1, 0.15) is 35.0 Å². The molecule has 10 N–H and O–H groups in total. The number of methoxy groups -OCH3 is 2. The maximum Gasteiger partial charge on any atom is 0.307 e. The lowest BCUT2D eigenvalue weighted by Gasteiger charge is -2.16. The highest BCUT2D eigenvalue weighted by atomic mass is 16.5. The van der Waals surface area contributed by atoms with Crippen molar-refractivity contribution in [1.82, 2.24) is 30.1 Å². The molecule has 384 valence electrons. The fraction of sp³-hybridized carbons (Fsp3) is 0.347. The second-order valence-corrected chi connectivity index (χ2v) is 15.4. The van der Waals surface area contributed by atoms with Gasteiger partial charge in [-0.2, -0.15) is 10.2 Å². The third kappa shape index (κ3) is 17.3. The van der Waals surface area contributed by atoms with E-state index in [9.17, 15) is 24.0 Å². The molecule has 4 rings (SSSR count). The minimum absolute atomic E-state index is 0.0525. The molecule has 0 radical (unpaired) electrons. The molecular formula is C49H64N14O9. The van der Waals surface area contributed by atoms with Crippen LogP contribution in [0.2, 0.25) is 0 Å². The molecule has 0 aliphatic heterocycles. The molecule has 0 spiro atoms. The maximum absolute atomic E-state index is 13.8. The molecular weight excluding hydrogens is 929 g/mol. The fourth-order valence-electron chi connectivity index (χ4n) is 6.55. The van der Waals surface area contributed by atoms with Crippen molar-refractivity contribution in [3.8, 4) is 11.5 Å². The van der Waals surface area contributed by atoms with Crippen molar-refractivity contribution < 1.29 is 42.9 Å². The number of nitrogens with zero attached hydrogens (tertiary/aromatic N) is 7. The number of hydrazone groups is 1. The van der Waals surface area contributed by atoms with E-state index in [0.29, 0.717) is 71.3 Å². The van der Waals surface area contributed by atoms with Gasteiger partial charge < -0.3 is 56.8 Å². The van der Waals surface area contributed by atoms with Crippen LogP contribution in [0.1, 0.15) is 76.9 Å². The molecule has 2 aromatic carbocycles. The van der Waals surface area contributed by atoms with Crippen LogP contribution in [-0.2, 0) is 32.2 Å². The summed E-state index contributed by atoms with van der Waals surface area (Å²) in [4.78, 5) is 75.8. The fourth-order valence-corrected chi connectivity index (χ4v) is 6.55. The molecule has 0 saturated carbocycles. The molecule has 2 aromatic heterocycles. The molecule has 0 aliphatic rings. The molecule has 0 atom stereocenters. The molecule has 72 heavy (non-hydrogen) atoms. The van der Waals surface area contributed by atoms with E-state index in [2.05, 4.69) is 46.3 Å². The molecule has 23 nitrogen and oxygen atoms in total. The number of rotatable bonds is 30. The number of aliphatic imine (C=N–C) groups is 2. The van der Waals surface area contributed by atoms with Gasteiger partial charge in [0.2, 0.25) is 17.8 Å². The summed E-state index contributed by atoms with van der Waals surface area (Å²) >= 11 is 0. The number of benzene rings is 2. The van der Waals surface area contributed by atoms with Crippen molar-refractivity contribution in [2.75, 3.05) is 64.2 Å². The number of nitrogens with one attached hydrogen (secondary N) is 4. The van der Waals surface area contributed by atoms with Crippen molar-refractivity contribution in [2.45, 2.75) is 60.0 Å². The predicted octanol–water partition coefficient (Wildman–Crippen LogP) is 4.21. The van der Waals surface area contributed by atoms with Gasteiger partial charge in [0.25, 0.3) is 5.91 Å². The van der Waals surface area contributed by atoms with Gasteiger partial charge >= 0.3 is 11.9 Å². The van der Waals surface area contributed by atoms with Gasteiger partial charge in [-0.05, 0) is 82.7 Å². The number of esters is 2. The van der Waals surface area contributed by atoms with Gasteiger partial charge in [0.05, 0.1) is 62.1 Å². The van der Waals surface area contributed by atoms with Crippen LogP contribution >= 0.6 is 0 Å². The van der Waals surface area contributed by atoms with Crippen LogP contribution in [0.25, 0.3) is 11.0 Å². The number of carbonyl (C=O) groups excluding carboxylic acids is 5. The summed E-state index contributed by atoms with van der Waals surface area (Å²) in [7, 11) is 2.62. The van der Waals surface area contributed by atoms with Gasteiger partial charge in [-0.15, -0.1) is 0 Å². The standard InChI is InChI=1S/C49H64N14O9/c1-7-57-60-32(3)15-13-20-55-37-26-34(46(51)66)28-40(71-24-14-16-42(64)69-5)44(37)56-19-9-11-22-62-45-38(58-49(62)59-48(68)39-25-33(4)61-63(39)8-2)27-35(47(52)67)29-41(45)72-23-12-10-18-53-31-36(30-50)54-21-17-43(65)70-6/h9-13,15,20,25-31,54,56-57H,7-8,14,16-19,21-24,50H2,1-6H3,(H2,51,66)(H2,52,67)(H,58,59,68)/b11-9+,12-10+,15-13+,36-30+,53-31?,55-20?,60-32-. The van der Waals surface area contributed by atoms with E-state index in [1.165, 1.54) is 50.9 Å². The smallest absolute Gasteiger partial charge is 0.307 e. The number of aryl methyl sites for hydroxylation is 2. The lowest BCUT2D eigenvalue weighted by molar-refractivity contribution is -0.141. The Morgan fingerprint density at radius 3 is 2.33 bits per heavy atom. The van der Waals surface area contributed by atoms with E-state index in [1.54, 1.807) is 52.8 Å². The van der Waals surface area contributed by atoms with Crippen LogP contribution in [0.3, 0.4) is 0 Å². The number of hydrogen-bond donors (Lipinski definition) is 7. The summed E-state index contributed by atoms with van der Waals surface area (Å²) in [6.07, 6.45) is 15.6. The number of primary amides is 2. The lowest BCUT2D eigenvalue weighted by Crippen LogP contribution is -2.20. The average molecular weight is 993 g/mol. The summed E-state index contributed by atoms with van der Waals surface area (Å²) in [6, 6.07) is 7.74. The van der Waals surface area contributed by atoms with E-state index in [1.807, 2.05) is 32.9 Å². The largest absolute Gasteiger partial charge is 0.491 e. The molecule has 0 saturated heterocycles. The number of carbonyl (C=O) groups is 5. The zero-order valence-corrected chi connectivity index (χ0v) is 41.4. The zero-order chi connectivity index (χ0) is 52.4. The summed E-state index contributed by atoms with van der Waals surface area (Å²) in [6.45, 7) is 9.63. The third-order valence-corrected chi connectivity index (χ3v) is 10.0. The minimum Gasteiger partial charge on any atom is -0.491 e. The van der Waals surface area contributed by atoms with Crippen molar-refractivity contribution in [2.24, 2.45) is 32.3 Å². The van der Waals surface area contributed by atoms with Gasteiger partial charge in [-0.25, -0.2) is 4.98 Å². The third-order valence-electron chi connectivity index (χ3n) is 10.0. The van der Waals surface area contributed by atoms with E-state index in [0.717, 1.165) is 0 Å². The normalized spacial score (nSPS) is 12.1. The van der Waals surface area contributed by atoms with E-state index in [-0.39, 0.29) is 80.2 Å². The Balaban J connectivity index is 1.67. The Kier molecular flexibility index (Phi) is 22.7. The SMILES string of the molecule is CCN/N=C(C)\C=C\C=Nc1cc(C(N)=O)cc(OCCCC(=O)OC)c1NC/C=C/Cn1c(NC(=O)c2cc(C)nn2CC)nc2cc(C(N)=O)cc(OC/C=C/CN=C/C(=C\N)NCCC(=O)OC)c21. The quantitative estimate of drug-likeness (QED) is 0.0127. The molecule has 0 aliphatic carbocycles. The highest BCUT2D eigenvalue weighted by Crippen LogP contribution is 2.37. The highest BCUT2D eigenvalue weighted by molar-refractivity contribution is 6.04. The minimum atomic E-state index is -0.715. The van der Waals surface area contributed by atoms with Crippen LogP contribution in [0.15, 0.2) is 93.8 Å². The number of amides is 3. The second kappa shape index (κ2) is 29.3. The molecule has 4 aromatic rings. The van der Waals surface area contributed by atoms with Crippen LogP contribution in [-0.4, -0.2) is 121 Å². The van der Waals surface area contributed by atoms with Crippen LogP contribution in [0.4, 0.5) is 17.3 Å². The maximum atomic E-state index is 13.8. The van der Waals surface area contributed by atoms with E-state index >= 15 is 0 Å². The molecule has 23 heteroatoms. The number of aromatic nitrogens is 4. The summed E-state index contributed by atoms with van der Waals surface area (Å²) in [5, 5.41) is 17.9. The summed E-state index contributed by atoms with van der Waals surface area (Å²) in [5.41, 5.74) is 24.1. The first-order chi connectivity index (χ1) is 34.7. The number of anilines is 2. The number of allylic oxidation sites excluding steroid dienone is 4. The van der Waals surface area contributed by atoms with E-state index < -0.39 is 23.7 Å². The first-order valence-electron chi connectivity index (χ1n) is 23.0. The lowest BCUT2D eigenvalue weighted by atomic mass is 10.1. The van der Waals surface area contributed by atoms with Crippen LogP contribution < -0.4 is 48.1 Å². The average Bonchev–Trinajstić information content (AvgIpc) is 3.93. The number of ether oxygens (including phenoxy) is 4. The topological polar surface area (TPSA) is 321 Å². The van der Waals surface area contributed by atoms with Gasteiger partial charge in [-0.1, -0.05) is 18.2 Å². The zero-order valence-electron chi connectivity index (χ0n) is 41.4. The van der Waals surface area contributed by atoms with Gasteiger partial charge in [-0.3, -0.25) is 44.0 Å². The Bertz CT molecular complexity index is 2750. The predicted molar refractivity (Wildman–Crippen MR) is 277 cm³/mol. The van der Waals surface area contributed by atoms with Crippen LogP contribution in [0.5, 0.6) is 11.5 Å². The number of hydrogen-bond acceptors (Lipinski definition) is 18. The highest BCUT2D eigenvalue weighted by Gasteiger charge is 2.22. The Morgan fingerprint density at radius 2 is 1.62 bits per heavy atom. The number of imidazole rings is 1. The van der Waals surface area contributed by atoms with Crippen molar-refractivity contribution >= 4 is 76.2 Å². The van der Waals surface area contributed by atoms with Gasteiger partial charge in [0.15, 0.2) is 0 Å². The van der Waals surface area contributed by atoms with E-state index in [4.69, 9.17) is 36.4 Å². The Labute approximate surface area is 417 Å². The molecule has 0 bridgehead atoms. The van der Waals surface area contributed by atoms with Crippen molar-refractivity contribution in [3.05, 3.63) is 101 Å². The number of fused-ring (bicyclic) bond motifs is 1. The van der Waals surface area contributed by atoms with Gasteiger partial charge in [0, 0.05) is 68.9 Å². The monoisotopic (exact) mass is 992 g/mol. The molecule has 2 heterocycles. The summed E-state index contributed by atoms with van der Waals surface area (Å²) < 4.78 is 25.1. The number of nitrogens with two attached hydrogens (primary N) is 3.